The molecule has 58 heavy (non-hydrogen) atoms. The summed E-state index contributed by atoms with van der Waals surface area (Å²) in [5, 5.41) is 8.76. The maximum absolute atomic E-state index is 15.2. The smallest absolute Gasteiger partial charge is 0.249 e. The predicted molar refractivity (Wildman–Crippen MR) is 217 cm³/mol. The molecule has 5 heterocycles. The van der Waals surface area contributed by atoms with Gasteiger partial charge in [-0.2, -0.15) is 0 Å². The van der Waals surface area contributed by atoms with E-state index in [2.05, 4.69) is 35.7 Å². The van der Waals surface area contributed by atoms with E-state index in [1.807, 2.05) is 23.1 Å². The standard InChI is InChI=1S/C43H53F2N9O4/c44-34-25-32(47-36-12-14-38(55)49-41(36)57)11-13-37(34)52-18-15-28(16-19-52)27-51-20-22-53(23-21-51)42(58)29-7-9-31(10-8-29)48-43-46-26-35(45)40(50-43)30-4-3-5-33(24-30)54-17-2-1-6-39(54)56/h3-5,11,13,24-26,28-29,31,36,47H,1-2,6-10,12,14-23,27H2,(H,46,48,50)(H,49,55,57). The number of nitrogens with zero attached hydrogens (tertiary/aromatic N) is 6. The lowest BCUT2D eigenvalue weighted by Crippen LogP contribution is -2.52. The minimum atomic E-state index is -0.557. The Morgan fingerprint density at radius 3 is 2.34 bits per heavy atom. The van der Waals surface area contributed by atoms with Crippen LogP contribution in [-0.2, 0) is 19.2 Å². The van der Waals surface area contributed by atoms with Crippen LogP contribution in [0.1, 0.15) is 70.6 Å². The third-order valence-corrected chi connectivity index (χ3v) is 12.6. The molecule has 1 aliphatic carbocycles. The molecule has 4 saturated heterocycles. The van der Waals surface area contributed by atoms with Crippen LogP contribution in [0.4, 0.5) is 31.8 Å². The second kappa shape index (κ2) is 17.8. The number of nitrogens with one attached hydrogen (secondary N) is 3. The van der Waals surface area contributed by atoms with E-state index in [1.165, 1.54) is 12.3 Å². The normalized spacial score (nSPS) is 23.8. The molecular formula is C43H53F2N9O4. The van der Waals surface area contributed by atoms with Gasteiger partial charge >= 0.3 is 0 Å². The van der Waals surface area contributed by atoms with E-state index in [0.29, 0.717) is 48.2 Å². The molecule has 3 N–H and O–H groups in total. The van der Waals surface area contributed by atoms with Gasteiger partial charge < -0.3 is 25.3 Å². The Morgan fingerprint density at radius 1 is 0.810 bits per heavy atom. The van der Waals surface area contributed by atoms with Gasteiger partial charge in [0.1, 0.15) is 17.6 Å². The fraction of sp³-hybridized carbons (Fsp3) is 0.535. The number of piperazine rings is 1. The molecule has 15 heteroatoms. The first-order valence-electron chi connectivity index (χ1n) is 21.0. The third-order valence-electron chi connectivity index (χ3n) is 12.6. The molecule has 4 aliphatic heterocycles. The number of aromatic nitrogens is 2. The van der Waals surface area contributed by atoms with Crippen molar-refractivity contribution in [2.75, 3.05) is 72.8 Å². The van der Waals surface area contributed by atoms with Crippen molar-refractivity contribution in [1.29, 1.82) is 0 Å². The first-order chi connectivity index (χ1) is 28.2. The van der Waals surface area contributed by atoms with Crippen LogP contribution in [0.15, 0.2) is 48.7 Å². The Morgan fingerprint density at radius 2 is 1.60 bits per heavy atom. The van der Waals surface area contributed by atoms with Crippen molar-refractivity contribution in [3.8, 4) is 11.3 Å². The maximum Gasteiger partial charge on any atom is 0.249 e. The van der Waals surface area contributed by atoms with Gasteiger partial charge in [0.25, 0.3) is 0 Å². The van der Waals surface area contributed by atoms with Crippen LogP contribution < -0.4 is 25.8 Å². The summed E-state index contributed by atoms with van der Waals surface area (Å²) in [5.74, 6) is -0.348. The van der Waals surface area contributed by atoms with Crippen molar-refractivity contribution < 1.29 is 28.0 Å². The number of piperidine rings is 3. The Balaban J connectivity index is 0.755. The summed E-state index contributed by atoms with van der Waals surface area (Å²) in [4.78, 5) is 66.7. The zero-order chi connectivity index (χ0) is 40.2. The molecule has 5 fully saturated rings. The monoisotopic (exact) mass is 797 g/mol. The van der Waals surface area contributed by atoms with Gasteiger partial charge in [0.15, 0.2) is 5.82 Å². The van der Waals surface area contributed by atoms with Crippen molar-refractivity contribution in [1.82, 2.24) is 25.1 Å². The number of amides is 4. The SMILES string of the molecule is O=C1CCC(Nc2ccc(N3CCC(CN4CCN(C(=O)C5CCC(Nc6ncc(F)c(-c7cccc(N8CCCCC8=O)c7)n6)CC5)CC4)CC3)c(F)c2)C(=O)N1. The number of hydrogen-bond acceptors (Lipinski definition) is 10. The van der Waals surface area contributed by atoms with Crippen LogP contribution in [0, 0.1) is 23.5 Å². The highest BCUT2D eigenvalue weighted by atomic mass is 19.1. The number of carbonyl (C=O) groups excluding carboxylic acids is 4. The number of imide groups is 1. The fourth-order valence-corrected chi connectivity index (χ4v) is 9.22. The number of benzene rings is 2. The topological polar surface area (TPSA) is 143 Å². The molecule has 1 aromatic heterocycles. The van der Waals surface area contributed by atoms with Gasteiger partial charge in [-0.3, -0.25) is 29.4 Å². The third kappa shape index (κ3) is 9.24. The fourth-order valence-electron chi connectivity index (χ4n) is 9.22. The van der Waals surface area contributed by atoms with E-state index in [-0.39, 0.29) is 53.5 Å². The minimum Gasteiger partial charge on any atom is -0.374 e. The van der Waals surface area contributed by atoms with Crippen molar-refractivity contribution in [3.63, 3.8) is 0 Å². The molecule has 308 valence electrons. The molecule has 13 nitrogen and oxygen atoms in total. The zero-order valence-electron chi connectivity index (χ0n) is 32.9. The lowest BCUT2D eigenvalue weighted by molar-refractivity contribution is -0.138. The van der Waals surface area contributed by atoms with Gasteiger partial charge in [0.05, 0.1) is 11.9 Å². The van der Waals surface area contributed by atoms with Crippen LogP contribution >= 0.6 is 0 Å². The molecular weight excluding hydrogens is 745 g/mol. The summed E-state index contributed by atoms with van der Waals surface area (Å²) < 4.78 is 30.2. The highest BCUT2D eigenvalue weighted by Gasteiger charge is 2.33. The number of hydrogen-bond donors (Lipinski definition) is 3. The Kier molecular flexibility index (Phi) is 12.1. The molecule has 0 spiro atoms. The Hall–Kier alpha value is -5.18. The highest BCUT2D eigenvalue weighted by molar-refractivity contribution is 6.01. The Labute approximate surface area is 337 Å². The van der Waals surface area contributed by atoms with E-state index in [9.17, 15) is 23.6 Å². The molecule has 8 rings (SSSR count). The lowest BCUT2D eigenvalue weighted by atomic mass is 9.85. The second-order valence-electron chi connectivity index (χ2n) is 16.5. The van der Waals surface area contributed by atoms with Gasteiger partial charge in [-0.05, 0) is 94.0 Å². The van der Waals surface area contributed by atoms with Gasteiger partial charge in [-0.15, -0.1) is 0 Å². The number of anilines is 4. The summed E-state index contributed by atoms with van der Waals surface area (Å²) in [6.45, 7) is 6.30. The van der Waals surface area contributed by atoms with E-state index in [4.69, 9.17) is 0 Å². The molecule has 1 atom stereocenters. The summed E-state index contributed by atoms with van der Waals surface area (Å²) in [6, 6.07) is 11.8. The molecule has 0 radical (unpaired) electrons. The maximum atomic E-state index is 15.2. The summed E-state index contributed by atoms with van der Waals surface area (Å²) in [6.07, 6.45) is 9.25. The quantitative estimate of drug-likeness (QED) is 0.235. The van der Waals surface area contributed by atoms with Crippen LogP contribution in [0.5, 0.6) is 0 Å². The second-order valence-corrected chi connectivity index (χ2v) is 16.5. The average Bonchev–Trinajstić information content (AvgIpc) is 3.23. The van der Waals surface area contributed by atoms with E-state index >= 15 is 4.39 Å². The van der Waals surface area contributed by atoms with Crippen LogP contribution in [-0.4, -0.2) is 108 Å². The average molecular weight is 798 g/mol. The van der Waals surface area contributed by atoms with Gasteiger partial charge in [-0.1, -0.05) is 12.1 Å². The van der Waals surface area contributed by atoms with Crippen molar-refractivity contribution in [2.45, 2.75) is 82.7 Å². The number of rotatable bonds is 10. The Bertz CT molecular complexity index is 1990. The molecule has 3 aromatic rings. The van der Waals surface area contributed by atoms with Crippen molar-refractivity contribution >= 4 is 46.6 Å². The summed E-state index contributed by atoms with van der Waals surface area (Å²) in [5.41, 5.74) is 2.62. The van der Waals surface area contributed by atoms with Gasteiger partial charge in [-0.25, -0.2) is 18.7 Å². The molecule has 5 aliphatic rings. The first kappa shape index (κ1) is 39.6. The first-order valence-corrected chi connectivity index (χ1v) is 21.0. The molecule has 2 aromatic carbocycles. The summed E-state index contributed by atoms with van der Waals surface area (Å²) >= 11 is 0. The summed E-state index contributed by atoms with van der Waals surface area (Å²) in [7, 11) is 0. The predicted octanol–water partition coefficient (Wildman–Crippen LogP) is 5.19. The lowest BCUT2D eigenvalue weighted by Gasteiger charge is -2.40. The molecule has 1 unspecified atom stereocenters. The minimum absolute atomic E-state index is 0.0125. The highest BCUT2D eigenvalue weighted by Crippen LogP contribution is 2.32. The van der Waals surface area contributed by atoms with Crippen molar-refractivity contribution in [3.05, 3.63) is 60.3 Å². The van der Waals surface area contributed by atoms with Crippen LogP contribution in [0.3, 0.4) is 0 Å². The zero-order valence-corrected chi connectivity index (χ0v) is 32.9. The molecule has 1 saturated carbocycles. The molecule has 4 amide bonds. The van der Waals surface area contributed by atoms with Gasteiger partial charge in [0.2, 0.25) is 29.6 Å². The van der Waals surface area contributed by atoms with Crippen LogP contribution in [0.2, 0.25) is 0 Å². The molecule has 0 bridgehead atoms. The van der Waals surface area contributed by atoms with Crippen LogP contribution in [0.25, 0.3) is 11.3 Å². The van der Waals surface area contributed by atoms with E-state index in [0.717, 1.165) is 103 Å². The number of carbonyl (C=O) groups is 4. The number of halogens is 2. The van der Waals surface area contributed by atoms with Gasteiger partial charge in [0, 0.05) is 94.1 Å². The largest absolute Gasteiger partial charge is 0.374 e. The van der Waals surface area contributed by atoms with Crippen molar-refractivity contribution in [2.24, 2.45) is 11.8 Å². The van der Waals surface area contributed by atoms with E-state index in [1.54, 1.807) is 23.1 Å². The van der Waals surface area contributed by atoms with E-state index < -0.39 is 11.9 Å².